The minimum Gasteiger partial charge on any atom is -0.530 e. The Bertz CT molecular complexity index is 385. The lowest BCUT2D eigenvalue weighted by Crippen LogP contribution is -2.51. The van der Waals surface area contributed by atoms with Gasteiger partial charge in [0.2, 0.25) is 0 Å². The van der Waals surface area contributed by atoms with Gasteiger partial charge in [0.1, 0.15) is 6.09 Å². The van der Waals surface area contributed by atoms with E-state index >= 15 is 0 Å². The van der Waals surface area contributed by atoms with Crippen molar-refractivity contribution in [3.05, 3.63) is 34.3 Å². The molecule has 0 aromatic heterocycles. The average Bonchev–Trinajstić information content (AvgIpc) is 2.14. The fraction of sp³-hybridized carbons (Fsp3) is 0.417. The highest BCUT2D eigenvalue weighted by molar-refractivity contribution is 9.10. The molecule has 0 radical (unpaired) electrons. The summed E-state index contributed by atoms with van der Waals surface area (Å²) >= 11 is 3.40. The summed E-state index contributed by atoms with van der Waals surface area (Å²) in [6.07, 6.45) is -1.15. The van der Waals surface area contributed by atoms with Crippen molar-refractivity contribution in [1.82, 2.24) is 4.90 Å². The van der Waals surface area contributed by atoms with Crippen molar-refractivity contribution in [3.63, 3.8) is 0 Å². The molecule has 0 N–H and O–H groups in total. The van der Waals surface area contributed by atoms with Crippen LogP contribution in [0.1, 0.15) is 26.3 Å². The van der Waals surface area contributed by atoms with Gasteiger partial charge < -0.3 is 14.8 Å². The van der Waals surface area contributed by atoms with Gasteiger partial charge in [-0.2, -0.15) is 0 Å². The molecule has 0 heterocycles. The van der Waals surface area contributed by atoms with Gasteiger partial charge in [0.15, 0.2) is 0 Å². The van der Waals surface area contributed by atoms with Gasteiger partial charge in [-0.15, -0.1) is 0 Å². The maximum absolute atomic E-state index is 11.1. The maximum atomic E-state index is 11.1. The third kappa shape index (κ3) is 3.23. The summed E-state index contributed by atoms with van der Waals surface area (Å²) in [6, 6.07) is 7.57. The first-order valence-corrected chi connectivity index (χ1v) is 5.83. The molecule has 1 rings (SSSR count). The summed E-state index contributed by atoms with van der Waals surface area (Å²) in [6.45, 7) is 5.87. The lowest BCUT2D eigenvalue weighted by molar-refractivity contribution is -0.271. The number of carboxylic acid groups (broad SMARTS) is 1. The molecule has 4 heteroatoms. The number of hydrogen-bond acceptors (Lipinski definition) is 2. The molecular weight excluding hydrogens is 270 g/mol. The second-order valence-corrected chi connectivity index (χ2v) is 5.47. The third-order valence-electron chi connectivity index (χ3n) is 2.32. The number of hydrogen-bond donors (Lipinski definition) is 0. The molecule has 0 aliphatic rings. The van der Waals surface area contributed by atoms with Gasteiger partial charge in [0, 0.05) is 16.6 Å². The second kappa shape index (κ2) is 4.87. The zero-order valence-corrected chi connectivity index (χ0v) is 11.2. The van der Waals surface area contributed by atoms with Gasteiger partial charge in [0.25, 0.3) is 0 Å². The zero-order valence-electron chi connectivity index (χ0n) is 9.66. The van der Waals surface area contributed by atoms with Gasteiger partial charge in [-0.05, 0) is 32.4 Å². The van der Waals surface area contributed by atoms with Crippen molar-refractivity contribution >= 4 is 22.0 Å². The van der Waals surface area contributed by atoms with Crippen LogP contribution in [0.15, 0.2) is 28.7 Å². The van der Waals surface area contributed by atoms with Crippen molar-refractivity contribution in [2.45, 2.75) is 32.9 Å². The Morgan fingerprint density at radius 3 is 2.38 bits per heavy atom. The molecule has 0 aliphatic heterocycles. The molecule has 0 unspecified atom stereocenters. The number of halogens is 1. The third-order valence-corrected chi connectivity index (χ3v) is 3.09. The first-order valence-electron chi connectivity index (χ1n) is 5.04. The molecule has 16 heavy (non-hydrogen) atoms. The Morgan fingerprint density at radius 1 is 1.38 bits per heavy atom. The van der Waals surface area contributed by atoms with E-state index in [-0.39, 0.29) is 0 Å². The van der Waals surface area contributed by atoms with Crippen molar-refractivity contribution in [3.8, 4) is 0 Å². The summed E-state index contributed by atoms with van der Waals surface area (Å²) < 4.78 is 0.908. The largest absolute Gasteiger partial charge is 0.530 e. The Labute approximate surface area is 104 Å². The van der Waals surface area contributed by atoms with E-state index in [1.54, 1.807) is 0 Å². The van der Waals surface area contributed by atoms with E-state index in [1.165, 1.54) is 4.90 Å². The molecule has 0 saturated heterocycles. The molecule has 1 aromatic rings. The van der Waals surface area contributed by atoms with Gasteiger partial charge >= 0.3 is 0 Å². The topological polar surface area (TPSA) is 43.4 Å². The summed E-state index contributed by atoms with van der Waals surface area (Å²) in [5.74, 6) is 0. The Hall–Kier alpha value is -1.03. The summed E-state index contributed by atoms with van der Waals surface area (Å²) in [5, 5.41) is 11.1. The minimum absolute atomic E-state index is 0.327. The molecule has 0 bridgehead atoms. The second-order valence-electron chi connectivity index (χ2n) is 4.61. The van der Waals surface area contributed by atoms with Crippen molar-refractivity contribution in [2.24, 2.45) is 0 Å². The van der Waals surface area contributed by atoms with Crippen LogP contribution in [0.25, 0.3) is 0 Å². The van der Waals surface area contributed by atoms with E-state index in [0.717, 1.165) is 10.0 Å². The predicted octanol–water partition coefficient (Wildman–Crippen LogP) is 2.39. The summed E-state index contributed by atoms with van der Waals surface area (Å²) in [4.78, 5) is 12.4. The van der Waals surface area contributed by atoms with E-state index in [2.05, 4.69) is 15.9 Å². The van der Waals surface area contributed by atoms with Crippen molar-refractivity contribution < 1.29 is 9.90 Å². The smallest absolute Gasteiger partial charge is 0.137 e. The number of nitrogens with zero attached hydrogens (tertiary/aromatic N) is 1. The predicted molar refractivity (Wildman–Crippen MR) is 64.8 cm³/mol. The van der Waals surface area contributed by atoms with Crippen molar-refractivity contribution in [1.29, 1.82) is 0 Å². The molecule has 0 saturated carbocycles. The number of benzene rings is 1. The number of amides is 1. The first-order chi connectivity index (χ1) is 7.32. The lowest BCUT2D eigenvalue weighted by atomic mass is 10.1. The van der Waals surface area contributed by atoms with E-state index in [9.17, 15) is 9.90 Å². The van der Waals surface area contributed by atoms with Crippen LogP contribution >= 0.6 is 15.9 Å². The molecular formula is C12H15BrNO2-. The molecule has 1 amide bonds. The standard InChI is InChI=1S/C12H16BrNO2/c1-12(2,3)14(11(15)16)8-9-6-4-5-7-10(9)13/h4-7H,8H2,1-3H3,(H,15,16)/p-1. The number of carbonyl (C=O) groups is 1. The van der Waals surface area contributed by atoms with Crippen LogP contribution in [0.4, 0.5) is 4.79 Å². The van der Waals surface area contributed by atoms with E-state index in [1.807, 2.05) is 45.0 Å². The Balaban J connectivity index is 2.94. The highest BCUT2D eigenvalue weighted by Crippen LogP contribution is 2.22. The lowest BCUT2D eigenvalue weighted by Gasteiger charge is -2.38. The molecule has 88 valence electrons. The highest BCUT2D eigenvalue weighted by atomic mass is 79.9. The molecule has 0 spiro atoms. The fourth-order valence-corrected chi connectivity index (χ4v) is 1.78. The van der Waals surface area contributed by atoms with Crippen LogP contribution in [-0.2, 0) is 6.54 Å². The van der Waals surface area contributed by atoms with Crippen molar-refractivity contribution in [2.75, 3.05) is 0 Å². The molecule has 1 aromatic carbocycles. The number of rotatable bonds is 2. The molecule has 0 fully saturated rings. The quantitative estimate of drug-likeness (QED) is 0.837. The van der Waals surface area contributed by atoms with Gasteiger partial charge in [-0.3, -0.25) is 0 Å². The highest BCUT2D eigenvalue weighted by Gasteiger charge is 2.21. The SMILES string of the molecule is CC(C)(C)N(Cc1ccccc1Br)C(=O)[O-]. The summed E-state index contributed by atoms with van der Waals surface area (Å²) in [5.41, 5.74) is 0.468. The Kier molecular flexibility index (Phi) is 3.97. The van der Waals surface area contributed by atoms with Gasteiger partial charge in [0.05, 0.1) is 0 Å². The monoisotopic (exact) mass is 284 g/mol. The van der Waals surface area contributed by atoms with Crippen LogP contribution in [0.2, 0.25) is 0 Å². The maximum Gasteiger partial charge on any atom is 0.137 e. The van der Waals surface area contributed by atoms with Gasteiger partial charge in [-0.25, -0.2) is 0 Å². The van der Waals surface area contributed by atoms with Crippen LogP contribution in [0.3, 0.4) is 0 Å². The van der Waals surface area contributed by atoms with Crippen LogP contribution in [-0.4, -0.2) is 16.5 Å². The van der Waals surface area contributed by atoms with Crippen LogP contribution in [0.5, 0.6) is 0 Å². The minimum atomic E-state index is -1.15. The fourth-order valence-electron chi connectivity index (χ4n) is 1.37. The molecule has 0 atom stereocenters. The van der Waals surface area contributed by atoms with Crippen LogP contribution in [0, 0.1) is 0 Å². The van der Waals surface area contributed by atoms with E-state index < -0.39 is 11.6 Å². The molecule has 0 aliphatic carbocycles. The zero-order chi connectivity index (χ0) is 12.3. The van der Waals surface area contributed by atoms with Gasteiger partial charge in [-0.1, -0.05) is 34.1 Å². The van der Waals surface area contributed by atoms with E-state index in [4.69, 9.17) is 0 Å². The summed E-state index contributed by atoms with van der Waals surface area (Å²) in [7, 11) is 0. The normalized spacial score (nSPS) is 11.2. The first kappa shape index (κ1) is 13.0. The molecule has 3 nitrogen and oxygen atoms in total. The van der Waals surface area contributed by atoms with E-state index in [0.29, 0.717) is 6.54 Å². The number of carbonyl (C=O) groups excluding carboxylic acids is 1. The van der Waals surface area contributed by atoms with Crippen LogP contribution < -0.4 is 5.11 Å². The average molecular weight is 285 g/mol. The Morgan fingerprint density at radius 2 is 1.94 bits per heavy atom.